The zero-order chi connectivity index (χ0) is 27.2. The molecule has 0 saturated carbocycles. The number of benzene rings is 1. The Morgan fingerprint density at radius 2 is 1.84 bits per heavy atom. The molecule has 196 valence electrons. The van der Waals surface area contributed by atoms with Crippen LogP contribution in [0.15, 0.2) is 42.7 Å². The van der Waals surface area contributed by atoms with E-state index in [1.807, 2.05) is 0 Å². The van der Waals surface area contributed by atoms with Gasteiger partial charge in [-0.25, -0.2) is 9.48 Å². The highest BCUT2D eigenvalue weighted by Crippen LogP contribution is 2.42. The third-order valence-corrected chi connectivity index (χ3v) is 6.89. The molecule has 0 fully saturated rings. The first-order valence-electron chi connectivity index (χ1n) is 10.7. The monoisotopic (exact) mass is 544 g/mol. The van der Waals surface area contributed by atoms with Gasteiger partial charge in [0.05, 0.1) is 19.9 Å². The van der Waals surface area contributed by atoms with Gasteiger partial charge in [0.15, 0.2) is 0 Å². The van der Waals surface area contributed by atoms with Crippen molar-refractivity contribution in [2.75, 3.05) is 7.11 Å². The summed E-state index contributed by atoms with van der Waals surface area (Å²) in [6.07, 6.45) is -8.17. The molecular formula is C23H18F6N4O3S. The number of ether oxygens (including phenoxy) is 1. The predicted octanol–water partition coefficient (Wildman–Crippen LogP) is 5.57. The predicted molar refractivity (Wildman–Crippen MR) is 121 cm³/mol. The number of alkyl halides is 6. The largest absolute Gasteiger partial charge is 0.465 e. The van der Waals surface area contributed by atoms with Crippen LogP contribution in [-0.4, -0.2) is 44.3 Å². The highest BCUT2D eigenvalue weighted by molar-refractivity contribution is 7.21. The van der Waals surface area contributed by atoms with Crippen LogP contribution in [0.4, 0.5) is 26.3 Å². The summed E-state index contributed by atoms with van der Waals surface area (Å²) in [4.78, 5) is 16.1. The number of carbonyl (C=O) groups is 1. The van der Waals surface area contributed by atoms with Gasteiger partial charge < -0.3 is 9.84 Å². The maximum atomic E-state index is 13.3. The summed E-state index contributed by atoms with van der Waals surface area (Å²) < 4.78 is 85.3. The van der Waals surface area contributed by atoms with E-state index in [4.69, 9.17) is 4.74 Å². The van der Waals surface area contributed by atoms with Crippen LogP contribution in [0.25, 0.3) is 21.2 Å². The number of rotatable bonds is 6. The van der Waals surface area contributed by atoms with Crippen molar-refractivity contribution in [1.29, 1.82) is 0 Å². The number of hydrogen-bond acceptors (Lipinski definition) is 7. The molecule has 1 atom stereocenters. The van der Waals surface area contributed by atoms with Crippen molar-refractivity contribution in [3.05, 3.63) is 64.6 Å². The lowest BCUT2D eigenvalue weighted by Crippen LogP contribution is -2.42. The van der Waals surface area contributed by atoms with E-state index in [2.05, 4.69) is 15.3 Å². The van der Waals surface area contributed by atoms with Crippen LogP contribution in [0.2, 0.25) is 0 Å². The Hall–Kier alpha value is -3.52. The Labute approximate surface area is 209 Å². The van der Waals surface area contributed by atoms with Crippen molar-refractivity contribution in [2.24, 2.45) is 0 Å². The van der Waals surface area contributed by atoms with Crippen LogP contribution in [0.3, 0.4) is 0 Å². The highest BCUT2D eigenvalue weighted by atomic mass is 32.1. The first-order chi connectivity index (χ1) is 17.3. The third-order valence-electron chi connectivity index (χ3n) is 5.76. The number of methoxy groups -OCH3 is 1. The molecule has 1 unspecified atom stereocenters. The number of fused-ring (bicyclic) bond motifs is 1. The van der Waals surface area contributed by atoms with Crippen molar-refractivity contribution in [1.82, 2.24) is 20.0 Å². The van der Waals surface area contributed by atoms with Crippen LogP contribution in [0.5, 0.6) is 0 Å². The molecule has 0 aliphatic heterocycles. The number of nitrogens with zero attached hydrogens (tertiary/aromatic N) is 4. The van der Waals surface area contributed by atoms with Gasteiger partial charge >= 0.3 is 18.3 Å². The van der Waals surface area contributed by atoms with Gasteiger partial charge in [-0.2, -0.15) is 26.3 Å². The van der Waals surface area contributed by atoms with Crippen LogP contribution >= 0.6 is 11.3 Å². The number of aliphatic hydroxyl groups is 1. The number of hydrogen-bond donors (Lipinski definition) is 1. The molecule has 0 bridgehead atoms. The van der Waals surface area contributed by atoms with E-state index in [1.165, 1.54) is 20.1 Å². The molecule has 3 aromatic heterocycles. The molecule has 37 heavy (non-hydrogen) atoms. The minimum absolute atomic E-state index is 0.00319. The van der Waals surface area contributed by atoms with Gasteiger partial charge in [-0.15, -0.1) is 16.4 Å². The molecule has 1 N–H and O–H groups in total. The quantitative estimate of drug-likeness (QED) is 0.252. The molecule has 0 spiro atoms. The molecule has 0 amide bonds. The van der Waals surface area contributed by atoms with Crippen molar-refractivity contribution in [3.8, 4) is 11.1 Å². The van der Waals surface area contributed by atoms with Gasteiger partial charge in [-0.3, -0.25) is 4.98 Å². The van der Waals surface area contributed by atoms with E-state index in [0.717, 1.165) is 34.5 Å². The zero-order valence-corrected chi connectivity index (χ0v) is 20.0. The Kier molecular flexibility index (Phi) is 6.75. The van der Waals surface area contributed by atoms with Crippen LogP contribution in [0, 0.1) is 0 Å². The summed E-state index contributed by atoms with van der Waals surface area (Å²) in [5, 5.41) is 17.8. The second-order valence-corrected chi connectivity index (χ2v) is 9.12. The molecule has 0 radical (unpaired) electrons. The van der Waals surface area contributed by atoms with Crippen LogP contribution in [0.1, 0.15) is 40.0 Å². The molecule has 4 rings (SSSR count). The van der Waals surface area contributed by atoms with E-state index in [9.17, 15) is 36.2 Å². The summed E-state index contributed by atoms with van der Waals surface area (Å²) in [5.74, 6) is -0.690. The van der Waals surface area contributed by atoms with Gasteiger partial charge in [0, 0.05) is 27.4 Å². The van der Waals surface area contributed by atoms with Crippen LogP contribution in [-0.2, 0) is 23.1 Å². The molecule has 0 saturated heterocycles. The Morgan fingerprint density at radius 3 is 2.41 bits per heavy atom. The lowest BCUT2D eigenvalue weighted by atomic mass is 9.96. The van der Waals surface area contributed by atoms with Crippen molar-refractivity contribution >= 4 is 27.4 Å². The fourth-order valence-corrected chi connectivity index (χ4v) is 4.96. The van der Waals surface area contributed by atoms with Crippen LogP contribution < -0.4 is 0 Å². The fourth-order valence-electron chi connectivity index (χ4n) is 3.75. The molecule has 3 heterocycles. The molecule has 4 aromatic rings. The van der Waals surface area contributed by atoms with Gasteiger partial charge in [-0.1, -0.05) is 30.3 Å². The smallest absolute Gasteiger partial charge is 0.433 e. The summed E-state index contributed by atoms with van der Waals surface area (Å²) in [5.41, 5.74) is -3.63. The highest BCUT2D eigenvalue weighted by Gasteiger charge is 2.55. The summed E-state index contributed by atoms with van der Waals surface area (Å²) >= 11 is 1.04. The Balaban J connectivity index is 1.71. The molecule has 1 aromatic carbocycles. The topological polar surface area (TPSA) is 90.1 Å². The average Bonchev–Trinajstić information content (AvgIpc) is 3.46. The number of esters is 1. The first-order valence-corrected chi connectivity index (χ1v) is 11.5. The second kappa shape index (κ2) is 9.41. The third kappa shape index (κ3) is 4.90. The number of thiophene rings is 1. The molecular weight excluding hydrogens is 526 g/mol. The number of halogens is 6. The van der Waals surface area contributed by atoms with Crippen molar-refractivity contribution in [3.63, 3.8) is 0 Å². The van der Waals surface area contributed by atoms with Crippen molar-refractivity contribution in [2.45, 2.75) is 37.8 Å². The molecule has 7 nitrogen and oxygen atoms in total. The minimum Gasteiger partial charge on any atom is -0.465 e. The van der Waals surface area contributed by atoms with E-state index in [1.54, 1.807) is 18.2 Å². The average molecular weight is 544 g/mol. The molecule has 0 aliphatic carbocycles. The van der Waals surface area contributed by atoms with Crippen molar-refractivity contribution < 1.29 is 41.0 Å². The molecule has 0 aliphatic rings. The maximum absolute atomic E-state index is 13.3. The number of pyridine rings is 1. The first kappa shape index (κ1) is 26.5. The van der Waals surface area contributed by atoms with Gasteiger partial charge in [0.25, 0.3) is 0 Å². The van der Waals surface area contributed by atoms with E-state index >= 15 is 0 Å². The fraction of sp³-hybridized carbons (Fsp3) is 0.304. The standard InChI is InChI=1S/C23H18F6N4O3S/c1-3-21(35,23(27,28)29)17-11-33(32-31-17)10-12-4-6-14-15(8-12)37-19(20(34)36-2)18(14)13-5-7-16(30-9-13)22(24,25)26/h4-9,11,35H,3,10H2,1-2H3. The maximum Gasteiger partial charge on any atom is 0.433 e. The lowest BCUT2D eigenvalue weighted by molar-refractivity contribution is -0.269. The SMILES string of the molecule is CCC(O)(c1cn(Cc2ccc3c(-c4ccc(C(F)(F)F)nc4)c(C(=O)OC)sc3c2)nn1)C(F)(F)F. The minimum atomic E-state index is -4.94. The van der Waals surface area contributed by atoms with E-state index < -0.39 is 41.7 Å². The van der Waals surface area contributed by atoms with Gasteiger partial charge in [0.1, 0.15) is 16.3 Å². The summed E-state index contributed by atoms with van der Waals surface area (Å²) in [7, 11) is 1.17. The Morgan fingerprint density at radius 1 is 1.11 bits per heavy atom. The number of carbonyl (C=O) groups excluding carboxylic acids is 1. The summed E-state index contributed by atoms with van der Waals surface area (Å²) in [6, 6.07) is 6.97. The van der Waals surface area contributed by atoms with Gasteiger partial charge in [-0.05, 0) is 24.1 Å². The normalized spacial score (nSPS) is 14.1. The molecule has 14 heteroatoms. The van der Waals surface area contributed by atoms with E-state index in [-0.39, 0.29) is 17.0 Å². The van der Waals surface area contributed by atoms with Gasteiger partial charge in [0.2, 0.25) is 5.60 Å². The number of aromatic nitrogens is 4. The Bertz CT molecular complexity index is 1450. The second-order valence-electron chi connectivity index (χ2n) is 8.07. The summed E-state index contributed by atoms with van der Waals surface area (Å²) in [6.45, 7) is 1.18. The lowest BCUT2D eigenvalue weighted by Gasteiger charge is -2.26. The zero-order valence-electron chi connectivity index (χ0n) is 19.2. The van der Waals surface area contributed by atoms with E-state index in [0.29, 0.717) is 21.2 Å².